The van der Waals surface area contributed by atoms with Crippen molar-refractivity contribution in [3.8, 4) is 5.88 Å². The normalized spacial score (nSPS) is 12.1. The first-order valence-corrected chi connectivity index (χ1v) is 12.2. The highest BCUT2D eigenvalue weighted by Gasteiger charge is 2.26. The molecule has 0 aliphatic rings. The molecule has 1 amide bonds. The molecule has 13 heteroatoms. The lowest BCUT2D eigenvalue weighted by Crippen LogP contribution is -2.22. The average Bonchev–Trinajstić information content (AvgIpc) is 3.08. The Kier molecular flexibility index (Phi) is 6.27. The summed E-state index contributed by atoms with van der Waals surface area (Å²) >= 11 is 0. The summed E-state index contributed by atoms with van der Waals surface area (Å²) in [5.74, 6) is -5.36. The Hall–Kier alpha value is -2.72. The first-order valence-electron chi connectivity index (χ1n) is 8.69. The number of aromatic nitrogens is 3. The van der Waals surface area contributed by atoms with E-state index in [0.29, 0.717) is 23.5 Å². The number of nitrogens with one attached hydrogen (secondary N) is 3. The van der Waals surface area contributed by atoms with Crippen molar-refractivity contribution >= 4 is 46.5 Å². The maximum absolute atomic E-state index is 14.8. The number of hydrogen-bond acceptors (Lipinski definition) is 5. The highest BCUT2D eigenvalue weighted by Crippen LogP contribution is 2.29. The molecule has 3 aromatic rings. The van der Waals surface area contributed by atoms with Crippen LogP contribution in [-0.2, 0) is 9.74 Å². The van der Waals surface area contributed by atoms with Crippen LogP contribution in [0.1, 0.15) is 23.7 Å². The fourth-order valence-corrected chi connectivity index (χ4v) is 5.31. The number of benzene rings is 1. The smallest absolute Gasteiger partial charge is 0.261 e. The van der Waals surface area contributed by atoms with Crippen LogP contribution < -0.4 is 14.8 Å². The van der Waals surface area contributed by atoms with Gasteiger partial charge < -0.3 is 14.8 Å². The fraction of sp³-hybridized carbons (Fsp3) is 0.235. The summed E-state index contributed by atoms with van der Waals surface area (Å²) in [5, 5.41) is 9.16. The number of thiol groups is 1. The van der Waals surface area contributed by atoms with Crippen LogP contribution in [0.2, 0.25) is 0 Å². The minimum atomic E-state index is -3.15. The van der Waals surface area contributed by atoms with E-state index >= 15 is 0 Å². The summed E-state index contributed by atoms with van der Waals surface area (Å²) in [6, 6.07) is 1.95. The maximum atomic E-state index is 14.8. The number of rotatable bonds is 7. The Labute approximate surface area is 172 Å². The van der Waals surface area contributed by atoms with Gasteiger partial charge >= 0.3 is 0 Å². The van der Waals surface area contributed by atoms with Gasteiger partial charge in [-0.2, -0.15) is 0 Å². The van der Waals surface area contributed by atoms with Gasteiger partial charge in [-0.25, -0.2) is 18.2 Å². The molecule has 0 radical (unpaired) electrons. The van der Waals surface area contributed by atoms with Gasteiger partial charge in [0, 0.05) is 11.8 Å². The van der Waals surface area contributed by atoms with Crippen molar-refractivity contribution < 1.29 is 26.9 Å². The second-order valence-electron chi connectivity index (χ2n) is 6.35. The molecule has 0 aliphatic carbocycles. The van der Waals surface area contributed by atoms with Crippen molar-refractivity contribution in [1.82, 2.24) is 15.2 Å². The number of carbonyl (C=O) groups is 1. The summed E-state index contributed by atoms with van der Waals surface area (Å²) in [4.78, 5) is 16.6. The van der Waals surface area contributed by atoms with Crippen LogP contribution in [0.3, 0.4) is 0 Å². The van der Waals surface area contributed by atoms with Crippen LogP contribution in [-0.4, -0.2) is 38.2 Å². The zero-order valence-electron chi connectivity index (χ0n) is 15.9. The predicted molar refractivity (Wildman–Crippen MR) is 113 cm³/mol. The quantitative estimate of drug-likeness (QED) is 0.246. The summed E-state index contributed by atoms with van der Waals surface area (Å²) < 4.78 is 63.0. The van der Waals surface area contributed by atoms with E-state index in [-0.39, 0.29) is 17.3 Å². The van der Waals surface area contributed by atoms with Gasteiger partial charge in [0.25, 0.3) is 5.91 Å². The van der Waals surface area contributed by atoms with E-state index in [1.165, 1.54) is 19.4 Å². The first kappa shape index (κ1) is 22.0. The molecule has 1 unspecified atom stereocenters. The van der Waals surface area contributed by atoms with Gasteiger partial charge in [-0.05, 0) is 30.7 Å². The second kappa shape index (κ2) is 8.57. The Bertz CT molecular complexity index is 1170. The first-order chi connectivity index (χ1) is 14.2. The van der Waals surface area contributed by atoms with Gasteiger partial charge in [-0.15, -0.1) is 5.10 Å². The van der Waals surface area contributed by atoms with Gasteiger partial charge in [0.2, 0.25) is 5.88 Å². The van der Waals surface area contributed by atoms with Crippen molar-refractivity contribution in [2.45, 2.75) is 13.3 Å². The summed E-state index contributed by atoms with van der Waals surface area (Å²) in [7, 11) is 0.293. The Morgan fingerprint density at radius 3 is 2.70 bits per heavy atom. The topological polar surface area (TPSA) is 109 Å². The number of carbonyl (C=O) groups excluding carboxylic acids is 1. The summed E-state index contributed by atoms with van der Waals surface area (Å²) in [6.45, 7) is 1.76. The molecule has 0 fully saturated rings. The standard InChI is InChI=1S/C17H19F3N5O3PS/c1-3-4-30(27,29)25-11-6-10(18)13(19)12(14(11)20)16(26)22-8-5-9-15(21-7-8)23-24-17(9)28-2/h5-7,30H,3-4,29H2,1-2H3,(H,22,26)(H,25,27)(H,21,23,24). The van der Waals surface area contributed by atoms with Gasteiger partial charge in [0.15, 0.2) is 23.1 Å². The number of methoxy groups -OCH3 is 1. The lowest BCUT2D eigenvalue weighted by Gasteiger charge is -2.22. The lowest BCUT2D eigenvalue weighted by atomic mass is 10.1. The van der Waals surface area contributed by atoms with Crippen molar-refractivity contribution in [3.05, 3.63) is 41.3 Å². The van der Waals surface area contributed by atoms with Crippen LogP contribution >= 0.6 is 8.44 Å². The maximum Gasteiger partial charge on any atom is 0.261 e. The molecule has 8 nitrogen and oxygen atoms in total. The third kappa shape index (κ3) is 4.39. The number of pyridine rings is 1. The molecule has 0 bridgehead atoms. The largest absolute Gasteiger partial charge is 0.479 e. The Balaban J connectivity index is 1.96. The molecular formula is C17H19F3N5O3PS. The monoisotopic (exact) mass is 461 g/mol. The molecule has 2 heterocycles. The van der Waals surface area contributed by atoms with Crippen LogP contribution in [0, 0.1) is 17.5 Å². The van der Waals surface area contributed by atoms with E-state index in [1.54, 1.807) is 6.92 Å². The highest BCUT2D eigenvalue weighted by atomic mass is 32.8. The zero-order chi connectivity index (χ0) is 22.1. The fourth-order valence-electron chi connectivity index (χ4n) is 2.77. The molecule has 0 saturated heterocycles. The molecule has 162 valence electrons. The SMILES string of the molecule is CCC[SH](=O)(P)Nc1cc(F)c(F)c(C(=O)Nc2cnc3[nH]nc(OC)c3c2)c1F. The highest BCUT2D eigenvalue weighted by molar-refractivity contribution is 8.46. The Morgan fingerprint density at radius 2 is 2.03 bits per heavy atom. The predicted octanol–water partition coefficient (Wildman–Crippen LogP) is 3.18. The second-order valence-corrected chi connectivity index (χ2v) is 11.1. The van der Waals surface area contributed by atoms with Gasteiger partial charge in [-0.3, -0.25) is 14.1 Å². The number of hydrogen-bond donors (Lipinski definition) is 4. The van der Waals surface area contributed by atoms with Crippen LogP contribution in [0.5, 0.6) is 5.88 Å². The van der Waals surface area contributed by atoms with E-state index in [1.807, 2.05) is 0 Å². The van der Waals surface area contributed by atoms with Gasteiger partial charge in [0.1, 0.15) is 5.56 Å². The number of aromatic amines is 1. The molecule has 30 heavy (non-hydrogen) atoms. The molecule has 1 atom stereocenters. The molecule has 3 rings (SSSR count). The third-order valence-electron chi connectivity index (χ3n) is 4.08. The minimum absolute atomic E-state index is 0.0764. The van der Waals surface area contributed by atoms with E-state index in [0.717, 1.165) is 0 Å². The molecular weight excluding hydrogens is 442 g/mol. The van der Waals surface area contributed by atoms with Crippen LogP contribution in [0.4, 0.5) is 24.5 Å². The Morgan fingerprint density at radius 1 is 1.30 bits per heavy atom. The number of fused-ring (bicyclic) bond motifs is 1. The number of halogens is 3. The van der Waals surface area contributed by atoms with Crippen molar-refractivity contribution in [3.63, 3.8) is 0 Å². The van der Waals surface area contributed by atoms with E-state index < -0.39 is 44.3 Å². The van der Waals surface area contributed by atoms with Crippen molar-refractivity contribution in [2.75, 3.05) is 22.9 Å². The zero-order valence-corrected chi connectivity index (χ0v) is 18.0. The van der Waals surface area contributed by atoms with E-state index in [4.69, 9.17) is 4.74 Å². The lowest BCUT2D eigenvalue weighted by molar-refractivity contribution is 0.101. The van der Waals surface area contributed by atoms with Gasteiger partial charge in [-0.1, -0.05) is 6.92 Å². The van der Waals surface area contributed by atoms with E-state index in [9.17, 15) is 22.2 Å². The molecule has 0 aliphatic heterocycles. The summed E-state index contributed by atoms with van der Waals surface area (Å²) in [5.41, 5.74) is -1.28. The van der Waals surface area contributed by atoms with Crippen LogP contribution in [0.15, 0.2) is 18.3 Å². The van der Waals surface area contributed by atoms with Crippen LogP contribution in [0.25, 0.3) is 11.0 Å². The molecule has 2 aromatic heterocycles. The van der Waals surface area contributed by atoms with Gasteiger partial charge in [0.05, 0.1) is 30.1 Å². The number of amides is 1. The van der Waals surface area contributed by atoms with Crippen molar-refractivity contribution in [1.29, 1.82) is 0 Å². The third-order valence-corrected chi connectivity index (χ3v) is 6.97. The number of ether oxygens (including phenoxy) is 1. The molecule has 0 saturated carbocycles. The molecule has 1 aromatic carbocycles. The number of anilines is 2. The minimum Gasteiger partial charge on any atom is -0.479 e. The van der Waals surface area contributed by atoms with Crippen molar-refractivity contribution in [2.24, 2.45) is 0 Å². The van der Waals surface area contributed by atoms with E-state index in [2.05, 4.69) is 33.7 Å². The summed E-state index contributed by atoms with van der Waals surface area (Å²) in [6.07, 6.45) is 1.74. The average molecular weight is 461 g/mol. The number of H-pyrrole nitrogens is 1. The number of nitrogens with zero attached hydrogens (tertiary/aromatic N) is 2. The molecule has 0 spiro atoms. The molecule has 3 N–H and O–H groups in total.